The molecular formula is C18H22N6. The summed E-state index contributed by atoms with van der Waals surface area (Å²) in [4.78, 5) is 2.53. The number of benzene rings is 1. The second-order valence-electron chi connectivity index (χ2n) is 6.44. The first-order valence-corrected chi connectivity index (χ1v) is 8.48. The summed E-state index contributed by atoms with van der Waals surface area (Å²) in [5.41, 5.74) is 4.49. The first-order chi connectivity index (χ1) is 11.8. The van der Waals surface area contributed by atoms with Crippen molar-refractivity contribution in [1.82, 2.24) is 30.1 Å². The van der Waals surface area contributed by atoms with Gasteiger partial charge in [-0.2, -0.15) is 20.5 Å². The molecule has 6 heteroatoms. The number of nitrogens with one attached hydrogen (secondary N) is 1. The van der Waals surface area contributed by atoms with E-state index in [1.165, 1.54) is 11.3 Å². The Morgan fingerprint density at radius 2 is 1.92 bits per heavy atom. The Balaban J connectivity index is 1.41. The second kappa shape index (κ2) is 6.57. The lowest BCUT2D eigenvalue weighted by molar-refractivity contribution is 0.172. The van der Waals surface area contributed by atoms with Crippen LogP contribution in [0.5, 0.6) is 0 Å². The standard InChI is InChI=1S/C18H22N6/c1-14-17(18-12-19-22-21-18)11-20-24(14)16-7-9-23(10-8-16)13-15-5-3-2-4-6-15/h2-6,11-12,16H,7-10,13H2,1H3,(H,19,21,22). The summed E-state index contributed by atoms with van der Waals surface area (Å²) in [6.45, 7) is 5.37. The summed E-state index contributed by atoms with van der Waals surface area (Å²) < 4.78 is 2.17. The van der Waals surface area contributed by atoms with Gasteiger partial charge in [0.15, 0.2) is 0 Å². The molecule has 24 heavy (non-hydrogen) atoms. The number of nitrogens with zero attached hydrogens (tertiary/aromatic N) is 5. The maximum Gasteiger partial charge on any atom is 0.116 e. The Hall–Kier alpha value is -2.47. The largest absolute Gasteiger partial charge is 0.299 e. The van der Waals surface area contributed by atoms with E-state index < -0.39 is 0 Å². The van der Waals surface area contributed by atoms with Gasteiger partial charge >= 0.3 is 0 Å². The normalized spacial score (nSPS) is 16.5. The molecule has 6 nitrogen and oxygen atoms in total. The third kappa shape index (κ3) is 2.97. The minimum absolute atomic E-state index is 0.470. The highest BCUT2D eigenvalue weighted by molar-refractivity contribution is 5.59. The Bertz CT molecular complexity index is 769. The summed E-state index contributed by atoms with van der Waals surface area (Å²) in [7, 11) is 0. The van der Waals surface area contributed by atoms with Crippen LogP contribution in [0, 0.1) is 6.92 Å². The maximum absolute atomic E-state index is 4.62. The summed E-state index contributed by atoms with van der Waals surface area (Å²) in [6, 6.07) is 11.2. The molecule has 3 heterocycles. The number of aromatic nitrogens is 5. The predicted octanol–water partition coefficient (Wildman–Crippen LogP) is 2.81. The van der Waals surface area contributed by atoms with Gasteiger partial charge in [-0.15, -0.1) is 0 Å². The number of piperidine rings is 1. The molecule has 4 rings (SSSR count). The zero-order valence-corrected chi connectivity index (χ0v) is 13.9. The fourth-order valence-electron chi connectivity index (χ4n) is 3.54. The lowest BCUT2D eigenvalue weighted by Crippen LogP contribution is -2.34. The molecule has 124 valence electrons. The minimum atomic E-state index is 0.470. The molecular weight excluding hydrogens is 300 g/mol. The van der Waals surface area contributed by atoms with E-state index in [1.54, 1.807) is 6.20 Å². The van der Waals surface area contributed by atoms with E-state index in [2.05, 4.69) is 67.3 Å². The molecule has 0 radical (unpaired) electrons. The van der Waals surface area contributed by atoms with E-state index in [0.717, 1.165) is 43.7 Å². The minimum Gasteiger partial charge on any atom is -0.299 e. The van der Waals surface area contributed by atoms with Gasteiger partial charge in [0.1, 0.15) is 5.69 Å². The van der Waals surface area contributed by atoms with Crippen molar-refractivity contribution in [2.45, 2.75) is 32.4 Å². The number of aromatic amines is 1. The first kappa shape index (κ1) is 15.1. The van der Waals surface area contributed by atoms with E-state index in [4.69, 9.17) is 0 Å². The molecule has 2 aromatic heterocycles. The Kier molecular flexibility index (Phi) is 4.13. The van der Waals surface area contributed by atoms with Crippen molar-refractivity contribution >= 4 is 0 Å². The molecule has 1 aliphatic heterocycles. The average molecular weight is 322 g/mol. The van der Waals surface area contributed by atoms with Gasteiger partial charge in [0.2, 0.25) is 0 Å². The number of hydrogen-bond donors (Lipinski definition) is 1. The molecule has 0 amide bonds. The van der Waals surface area contributed by atoms with Crippen molar-refractivity contribution in [3.05, 3.63) is 54.0 Å². The van der Waals surface area contributed by atoms with Crippen LogP contribution in [0.4, 0.5) is 0 Å². The van der Waals surface area contributed by atoms with Gasteiger partial charge in [-0.1, -0.05) is 30.3 Å². The number of likely N-dealkylation sites (tertiary alicyclic amines) is 1. The highest BCUT2D eigenvalue weighted by atomic mass is 15.3. The summed E-state index contributed by atoms with van der Waals surface area (Å²) in [5, 5.41) is 15.3. The van der Waals surface area contributed by atoms with Crippen LogP contribution >= 0.6 is 0 Å². The molecule has 1 aromatic carbocycles. The topological polar surface area (TPSA) is 62.6 Å². The Morgan fingerprint density at radius 1 is 1.12 bits per heavy atom. The number of rotatable bonds is 4. The van der Waals surface area contributed by atoms with Gasteiger partial charge in [0.25, 0.3) is 0 Å². The van der Waals surface area contributed by atoms with Crippen LogP contribution in [0.2, 0.25) is 0 Å². The fraction of sp³-hybridized carbons (Fsp3) is 0.389. The molecule has 1 saturated heterocycles. The molecule has 1 aliphatic rings. The van der Waals surface area contributed by atoms with Crippen LogP contribution in [0.1, 0.15) is 30.1 Å². The predicted molar refractivity (Wildman–Crippen MR) is 92.3 cm³/mol. The fourth-order valence-corrected chi connectivity index (χ4v) is 3.54. The van der Waals surface area contributed by atoms with Crippen molar-refractivity contribution in [2.24, 2.45) is 0 Å². The van der Waals surface area contributed by atoms with E-state index in [-0.39, 0.29) is 0 Å². The first-order valence-electron chi connectivity index (χ1n) is 8.48. The van der Waals surface area contributed by atoms with Crippen LogP contribution < -0.4 is 0 Å². The number of hydrogen-bond acceptors (Lipinski definition) is 4. The molecule has 0 spiro atoms. The van der Waals surface area contributed by atoms with Gasteiger partial charge in [-0.25, -0.2) is 0 Å². The van der Waals surface area contributed by atoms with Gasteiger partial charge in [0, 0.05) is 30.9 Å². The molecule has 0 saturated carbocycles. The van der Waals surface area contributed by atoms with Crippen molar-refractivity contribution in [3.8, 4) is 11.3 Å². The summed E-state index contributed by atoms with van der Waals surface area (Å²) in [6.07, 6.45) is 5.92. The summed E-state index contributed by atoms with van der Waals surface area (Å²) in [5.74, 6) is 0. The highest BCUT2D eigenvalue weighted by Gasteiger charge is 2.23. The molecule has 0 atom stereocenters. The van der Waals surface area contributed by atoms with Gasteiger partial charge in [0.05, 0.1) is 18.4 Å². The van der Waals surface area contributed by atoms with Crippen LogP contribution in [0.15, 0.2) is 42.7 Å². The molecule has 0 bridgehead atoms. The molecule has 1 N–H and O–H groups in total. The zero-order chi connectivity index (χ0) is 16.4. The molecule has 1 fully saturated rings. The summed E-state index contributed by atoms with van der Waals surface area (Å²) >= 11 is 0. The Labute approximate surface area is 141 Å². The smallest absolute Gasteiger partial charge is 0.116 e. The van der Waals surface area contributed by atoms with Crippen LogP contribution in [-0.4, -0.2) is 43.2 Å². The van der Waals surface area contributed by atoms with Crippen LogP contribution in [0.3, 0.4) is 0 Å². The average Bonchev–Trinajstić information content (AvgIpc) is 3.26. The van der Waals surface area contributed by atoms with E-state index in [9.17, 15) is 0 Å². The van der Waals surface area contributed by atoms with Crippen molar-refractivity contribution in [2.75, 3.05) is 13.1 Å². The Morgan fingerprint density at radius 3 is 2.62 bits per heavy atom. The molecule has 0 aliphatic carbocycles. The zero-order valence-electron chi connectivity index (χ0n) is 13.9. The molecule has 3 aromatic rings. The van der Waals surface area contributed by atoms with Crippen molar-refractivity contribution in [1.29, 1.82) is 0 Å². The quantitative estimate of drug-likeness (QED) is 0.802. The van der Waals surface area contributed by atoms with Crippen molar-refractivity contribution in [3.63, 3.8) is 0 Å². The van der Waals surface area contributed by atoms with Crippen molar-refractivity contribution < 1.29 is 0 Å². The van der Waals surface area contributed by atoms with Gasteiger partial charge in [-0.3, -0.25) is 9.58 Å². The van der Waals surface area contributed by atoms with Crippen LogP contribution in [0.25, 0.3) is 11.3 Å². The second-order valence-corrected chi connectivity index (χ2v) is 6.44. The number of H-pyrrole nitrogens is 1. The SMILES string of the molecule is Cc1c(-c2cn[nH]n2)cnn1C1CCN(Cc2ccccc2)CC1. The van der Waals surface area contributed by atoms with E-state index in [0.29, 0.717) is 6.04 Å². The maximum atomic E-state index is 4.62. The highest BCUT2D eigenvalue weighted by Crippen LogP contribution is 2.28. The van der Waals surface area contributed by atoms with Gasteiger partial charge in [-0.05, 0) is 25.3 Å². The van der Waals surface area contributed by atoms with E-state index >= 15 is 0 Å². The monoisotopic (exact) mass is 322 g/mol. The lowest BCUT2D eigenvalue weighted by atomic mass is 10.0. The third-order valence-corrected chi connectivity index (χ3v) is 4.89. The lowest BCUT2D eigenvalue weighted by Gasteiger charge is -2.32. The third-order valence-electron chi connectivity index (χ3n) is 4.89. The van der Waals surface area contributed by atoms with Crippen LogP contribution in [-0.2, 0) is 6.54 Å². The van der Waals surface area contributed by atoms with Gasteiger partial charge < -0.3 is 0 Å². The molecule has 0 unspecified atom stereocenters. The van der Waals surface area contributed by atoms with E-state index in [1.807, 2.05) is 6.20 Å².